The second-order valence-corrected chi connectivity index (χ2v) is 10.0. The first-order valence-electron chi connectivity index (χ1n) is 8.70. The third kappa shape index (κ3) is 5.16. The predicted octanol–water partition coefficient (Wildman–Crippen LogP) is 3.54. The second kappa shape index (κ2) is 8.83. The van der Waals surface area contributed by atoms with Crippen LogP contribution in [0.25, 0.3) is 10.2 Å². The number of furan rings is 1. The van der Waals surface area contributed by atoms with Crippen LogP contribution in [0.5, 0.6) is 0 Å². The summed E-state index contributed by atoms with van der Waals surface area (Å²) in [6, 6.07) is 6.55. The zero-order valence-corrected chi connectivity index (χ0v) is 19.4. The smallest absolute Gasteiger partial charge is 0.263 e. The molecule has 0 radical (unpaired) electrons. The maximum absolute atomic E-state index is 13.2. The highest BCUT2D eigenvalue weighted by Gasteiger charge is 2.25. The number of carbonyl (C=O) groups excluding carboxylic acids is 1. The Bertz CT molecular complexity index is 1140. The molecule has 1 aromatic carbocycles. The quantitative estimate of drug-likeness (QED) is 0.563. The minimum absolute atomic E-state index is 0. The molecule has 0 atom stereocenters. The van der Waals surface area contributed by atoms with Gasteiger partial charge >= 0.3 is 0 Å². The van der Waals surface area contributed by atoms with Crippen LogP contribution >= 0.6 is 23.7 Å². The topological polar surface area (TPSA) is 83.7 Å². The maximum Gasteiger partial charge on any atom is 0.263 e. The molecule has 0 aliphatic heterocycles. The van der Waals surface area contributed by atoms with Gasteiger partial charge in [0.1, 0.15) is 11.5 Å². The van der Waals surface area contributed by atoms with E-state index in [9.17, 15) is 13.2 Å². The number of hydrogen-bond donors (Lipinski definition) is 0. The Kier molecular flexibility index (Phi) is 7.10. The Morgan fingerprint density at radius 2 is 1.86 bits per heavy atom. The molecule has 0 unspecified atom stereocenters. The van der Waals surface area contributed by atoms with E-state index in [-0.39, 0.29) is 23.2 Å². The fourth-order valence-corrected chi connectivity index (χ4v) is 4.56. The summed E-state index contributed by atoms with van der Waals surface area (Å²) < 4.78 is 29.9. The zero-order valence-electron chi connectivity index (χ0n) is 16.9. The number of fused-ring (bicyclic) bond motifs is 1. The van der Waals surface area contributed by atoms with Crippen molar-refractivity contribution in [2.75, 3.05) is 38.3 Å². The largest absolute Gasteiger partial charge is 0.466 e. The second-order valence-electron chi connectivity index (χ2n) is 6.99. The summed E-state index contributed by atoms with van der Waals surface area (Å²) in [7, 11) is 0.565. The van der Waals surface area contributed by atoms with E-state index in [1.54, 1.807) is 36.9 Å². The van der Waals surface area contributed by atoms with E-state index in [0.717, 1.165) is 4.70 Å². The average molecular weight is 458 g/mol. The molecule has 0 fully saturated rings. The Morgan fingerprint density at radius 3 is 2.41 bits per heavy atom. The molecule has 158 valence electrons. The first-order chi connectivity index (χ1) is 13.1. The van der Waals surface area contributed by atoms with Crippen molar-refractivity contribution in [2.24, 2.45) is 0 Å². The van der Waals surface area contributed by atoms with Gasteiger partial charge in [0.15, 0.2) is 15.0 Å². The van der Waals surface area contributed by atoms with Crippen LogP contribution < -0.4 is 4.90 Å². The number of aryl methyl sites for hydroxylation is 2. The molecule has 0 aliphatic rings. The van der Waals surface area contributed by atoms with Crippen molar-refractivity contribution in [1.82, 2.24) is 9.88 Å². The third-order valence-electron chi connectivity index (χ3n) is 4.30. The Balaban J connectivity index is 0.00000300. The van der Waals surface area contributed by atoms with E-state index in [2.05, 4.69) is 4.98 Å². The number of halogens is 1. The number of likely N-dealkylation sites (N-methyl/N-ethyl adjacent to an activating group) is 1. The highest BCUT2D eigenvalue weighted by Crippen LogP contribution is 2.32. The lowest BCUT2D eigenvalue weighted by molar-refractivity contribution is 0.0983. The number of sulfone groups is 1. The van der Waals surface area contributed by atoms with Crippen molar-refractivity contribution in [1.29, 1.82) is 0 Å². The van der Waals surface area contributed by atoms with Crippen LogP contribution in [0.1, 0.15) is 21.9 Å². The van der Waals surface area contributed by atoms with Crippen LogP contribution in [-0.2, 0) is 9.84 Å². The van der Waals surface area contributed by atoms with Gasteiger partial charge in [-0.05, 0) is 52.2 Å². The van der Waals surface area contributed by atoms with E-state index in [0.29, 0.717) is 40.8 Å². The van der Waals surface area contributed by atoms with Gasteiger partial charge in [-0.2, -0.15) is 0 Å². The highest BCUT2D eigenvalue weighted by atomic mass is 35.5. The third-order valence-corrected chi connectivity index (χ3v) is 6.45. The van der Waals surface area contributed by atoms with Crippen LogP contribution in [0.4, 0.5) is 5.13 Å². The van der Waals surface area contributed by atoms with Crippen molar-refractivity contribution in [3.05, 3.63) is 41.3 Å². The Hall–Kier alpha value is -1.94. The van der Waals surface area contributed by atoms with Gasteiger partial charge in [0.05, 0.1) is 20.7 Å². The molecule has 29 heavy (non-hydrogen) atoms. The van der Waals surface area contributed by atoms with E-state index < -0.39 is 9.84 Å². The number of benzene rings is 1. The van der Waals surface area contributed by atoms with Crippen molar-refractivity contribution >= 4 is 54.8 Å². The molecule has 7 nitrogen and oxygen atoms in total. The van der Waals surface area contributed by atoms with Gasteiger partial charge in [-0.25, -0.2) is 13.4 Å². The van der Waals surface area contributed by atoms with E-state index >= 15 is 0 Å². The number of amides is 1. The van der Waals surface area contributed by atoms with E-state index in [1.807, 2.05) is 19.0 Å². The van der Waals surface area contributed by atoms with Gasteiger partial charge in [-0.1, -0.05) is 11.3 Å². The monoisotopic (exact) mass is 457 g/mol. The number of nitrogens with zero attached hydrogens (tertiary/aromatic N) is 3. The lowest BCUT2D eigenvalue weighted by atomic mass is 10.2. The molecule has 2 heterocycles. The van der Waals surface area contributed by atoms with Crippen molar-refractivity contribution in [2.45, 2.75) is 18.7 Å². The molecule has 2 aromatic heterocycles. The molecule has 0 saturated heterocycles. The van der Waals surface area contributed by atoms with Crippen LogP contribution in [-0.4, -0.2) is 57.6 Å². The summed E-state index contributed by atoms with van der Waals surface area (Å²) in [4.78, 5) is 21.6. The number of hydrogen-bond acceptors (Lipinski definition) is 7. The van der Waals surface area contributed by atoms with Gasteiger partial charge in [0.2, 0.25) is 0 Å². The summed E-state index contributed by atoms with van der Waals surface area (Å²) in [6.45, 7) is 4.68. The number of anilines is 1. The summed E-state index contributed by atoms with van der Waals surface area (Å²) in [6.07, 6.45) is 1.17. The molecule has 0 aliphatic carbocycles. The molecule has 0 spiro atoms. The van der Waals surface area contributed by atoms with E-state index in [4.69, 9.17) is 4.42 Å². The van der Waals surface area contributed by atoms with Gasteiger partial charge in [-0.3, -0.25) is 9.69 Å². The average Bonchev–Trinajstić information content (AvgIpc) is 3.15. The fourth-order valence-electron chi connectivity index (χ4n) is 2.81. The fraction of sp³-hybridized carbons (Fsp3) is 0.368. The van der Waals surface area contributed by atoms with Crippen molar-refractivity contribution in [3.63, 3.8) is 0 Å². The Morgan fingerprint density at radius 1 is 1.17 bits per heavy atom. The SMILES string of the molecule is Cc1cc(C(=O)N(CCN(C)C)c2nc3ccc(S(C)(=O)=O)cc3s2)c(C)o1.Cl. The lowest BCUT2D eigenvalue weighted by Gasteiger charge is -2.21. The molecule has 3 aromatic rings. The number of aromatic nitrogens is 1. The zero-order chi connectivity index (χ0) is 20.6. The lowest BCUT2D eigenvalue weighted by Crippen LogP contribution is -2.36. The van der Waals surface area contributed by atoms with Crippen LogP contribution in [0.2, 0.25) is 0 Å². The summed E-state index contributed by atoms with van der Waals surface area (Å²) in [5.74, 6) is 1.06. The standard InChI is InChI=1S/C19H23N3O4S2.ClH/c1-12-10-15(13(2)26-12)18(23)22(9-8-21(3)4)19-20-16-7-6-14(28(5,24)25)11-17(16)27-19;/h6-7,10-11H,8-9H2,1-5H3;1H. The summed E-state index contributed by atoms with van der Waals surface area (Å²) >= 11 is 1.30. The maximum atomic E-state index is 13.2. The molecule has 3 rings (SSSR count). The first kappa shape index (κ1) is 23.3. The molecule has 0 saturated carbocycles. The van der Waals surface area contributed by atoms with Crippen molar-refractivity contribution in [3.8, 4) is 0 Å². The molecular formula is C19H24ClN3O4S2. The normalized spacial score (nSPS) is 11.7. The van der Waals surface area contributed by atoms with E-state index in [1.165, 1.54) is 23.7 Å². The summed E-state index contributed by atoms with van der Waals surface area (Å²) in [5.41, 5.74) is 1.17. The van der Waals surface area contributed by atoms with Gasteiger partial charge < -0.3 is 9.32 Å². The van der Waals surface area contributed by atoms with Crippen LogP contribution in [0.15, 0.2) is 33.6 Å². The Labute approximate surface area is 180 Å². The number of carbonyl (C=O) groups is 1. The number of rotatable bonds is 6. The van der Waals surface area contributed by atoms with Gasteiger partial charge in [-0.15, -0.1) is 12.4 Å². The van der Waals surface area contributed by atoms with Gasteiger partial charge in [0.25, 0.3) is 5.91 Å². The minimum atomic E-state index is -3.31. The number of thiazole rings is 1. The molecule has 0 bridgehead atoms. The minimum Gasteiger partial charge on any atom is -0.466 e. The molecular weight excluding hydrogens is 434 g/mol. The van der Waals surface area contributed by atoms with Crippen LogP contribution in [0.3, 0.4) is 0 Å². The first-order valence-corrected chi connectivity index (χ1v) is 11.4. The summed E-state index contributed by atoms with van der Waals surface area (Å²) in [5, 5.41) is 0.533. The predicted molar refractivity (Wildman–Crippen MR) is 118 cm³/mol. The highest BCUT2D eigenvalue weighted by molar-refractivity contribution is 7.90. The van der Waals surface area contributed by atoms with Gasteiger partial charge in [0, 0.05) is 19.3 Å². The van der Waals surface area contributed by atoms with Crippen molar-refractivity contribution < 1.29 is 17.6 Å². The molecule has 1 amide bonds. The molecule has 0 N–H and O–H groups in total. The van der Waals surface area contributed by atoms with Crippen LogP contribution in [0, 0.1) is 13.8 Å². The molecule has 10 heteroatoms.